The van der Waals surface area contributed by atoms with E-state index in [1.165, 1.54) is 0 Å². The fraction of sp³-hybridized carbons (Fsp3) is 0.417. The normalized spacial score (nSPS) is 10.0. The Balaban J connectivity index is 2.84. The monoisotopic (exact) mass is 240 g/mol. The number of hydrogen-bond acceptors (Lipinski definition) is 1. The standard InChI is InChI=1S/C12H17ClN2O/c1-4-15(5-2)12(16)14-11-9(3)7-6-8-10(11)13/h6-8H,4-5H2,1-3H3,(H,14,16). The number of halogens is 1. The maximum absolute atomic E-state index is 11.8. The summed E-state index contributed by atoms with van der Waals surface area (Å²) < 4.78 is 0. The number of rotatable bonds is 3. The zero-order valence-electron chi connectivity index (χ0n) is 9.88. The largest absolute Gasteiger partial charge is 0.325 e. The van der Waals surface area contributed by atoms with E-state index in [-0.39, 0.29) is 6.03 Å². The average Bonchev–Trinajstić information content (AvgIpc) is 2.25. The fourth-order valence-electron chi connectivity index (χ4n) is 1.49. The van der Waals surface area contributed by atoms with Gasteiger partial charge in [0.1, 0.15) is 0 Å². The minimum atomic E-state index is -0.110. The zero-order valence-corrected chi connectivity index (χ0v) is 10.6. The highest BCUT2D eigenvalue weighted by molar-refractivity contribution is 6.33. The van der Waals surface area contributed by atoms with E-state index in [1.54, 1.807) is 11.0 Å². The highest BCUT2D eigenvalue weighted by Gasteiger charge is 2.12. The number of para-hydroxylation sites is 1. The molecule has 0 aliphatic carbocycles. The van der Waals surface area contributed by atoms with Gasteiger partial charge < -0.3 is 10.2 Å². The van der Waals surface area contributed by atoms with Gasteiger partial charge in [-0.05, 0) is 32.4 Å². The second kappa shape index (κ2) is 5.75. The highest BCUT2D eigenvalue weighted by Crippen LogP contribution is 2.25. The summed E-state index contributed by atoms with van der Waals surface area (Å²) in [4.78, 5) is 13.5. The van der Waals surface area contributed by atoms with Crippen LogP contribution in [0.25, 0.3) is 0 Å². The predicted molar refractivity (Wildman–Crippen MR) is 68.1 cm³/mol. The number of benzene rings is 1. The number of amides is 2. The van der Waals surface area contributed by atoms with Crippen molar-refractivity contribution in [2.75, 3.05) is 18.4 Å². The molecule has 0 heterocycles. The lowest BCUT2D eigenvalue weighted by Crippen LogP contribution is -2.34. The van der Waals surface area contributed by atoms with Gasteiger partial charge in [-0.2, -0.15) is 0 Å². The van der Waals surface area contributed by atoms with Crippen LogP contribution < -0.4 is 5.32 Å². The molecule has 1 aromatic rings. The molecule has 1 rings (SSSR count). The van der Waals surface area contributed by atoms with Gasteiger partial charge in [-0.1, -0.05) is 23.7 Å². The smallest absolute Gasteiger partial charge is 0.321 e. The maximum atomic E-state index is 11.8. The SMILES string of the molecule is CCN(CC)C(=O)Nc1c(C)cccc1Cl. The van der Waals surface area contributed by atoms with Gasteiger partial charge in [-0.3, -0.25) is 0 Å². The molecule has 0 saturated heterocycles. The van der Waals surface area contributed by atoms with Crippen LogP contribution in [-0.2, 0) is 0 Å². The van der Waals surface area contributed by atoms with Gasteiger partial charge in [0, 0.05) is 13.1 Å². The Labute approximate surface area is 101 Å². The van der Waals surface area contributed by atoms with E-state index >= 15 is 0 Å². The van der Waals surface area contributed by atoms with E-state index in [4.69, 9.17) is 11.6 Å². The molecule has 88 valence electrons. The van der Waals surface area contributed by atoms with Crippen LogP contribution in [-0.4, -0.2) is 24.0 Å². The lowest BCUT2D eigenvalue weighted by molar-refractivity contribution is 0.217. The van der Waals surface area contributed by atoms with Crippen LogP contribution >= 0.6 is 11.6 Å². The Morgan fingerprint density at radius 2 is 2.00 bits per heavy atom. The third-order valence-corrected chi connectivity index (χ3v) is 2.82. The van der Waals surface area contributed by atoms with Gasteiger partial charge in [0.2, 0.25) is 0 Å². The van der Waals surface area contributed by atoms with Crippen molar-refractivity contribution in [1.29, 1.82) is 0 Å². The van der Waals surface area contributed by atoms with Crippen molar-refractivity contribution >= 4 is 23.3 Å². The summed E-state index contributed by atoms with van der Waals surface area (Å²) in [5.74, 6) is 0. The molecule has 0 unspecified atom stereocenters. The summed E-state index contributed by atoms with van der Waals surface area (Å²) in [5, 5.41) is 3.41. The highest BCUT2D eigenvalue weighted by atomic mass is 35.5. The Bertz CT molecular complexity index is 355. The van der Waals surface area contributed by atoms with Crippen LogP contribution in [0.15, 0.2) is 18.2 Å². The number of carbonyl (C=O) groups is 1. The fourth-order valence-corrected chi connectivity index (χ4v) is 1.76. The van der Waals surface area contributed by atoms with E-state index < -0.39 is 0 Å². The molecule has 2 amide bonds. The molecule has 0 aliphatic heterocycles. The first-order valence-electron chi connectivity index (χ1n) is 5.41. The summed E-state index contributed by atoms with van der Waals surface area (Å²) in [7, 11) is 0. The van der Waals surface area contributed by atoms with E-state index in [2.05, 4.69) is 5.32 Å². The number of aryl methyl sites for hydroxylation is 1. The van der Waals surface area contributed by atoms with Gasteiger partial charge in [0.25, 0.3) is 0 Å². The van der Waals surface area contributed by atoms with E-state index in [0.29, 0.717) is 23.8 Å². The molecule has 0 atom stereocenters. The van der Waals surface area contributed by atoms with Gasteiger partial charge in [0.15, 0.2) is 0 Å². The van der Waals surface area contributed by atoms with Crippen molar-refractivity contribution < 1.29 is 4.79 Å². The summed E-state index contributed by atoms with van der Waals surface area (Å²) in [6.07, 6.45) is 0. The van der Waals surface area contributed by atoms with Gasteiger partial charge in [-0.15, -0.1) is 0 Å². The van der Waals surface area contributed by atoms with Crippen LogP contribution in [0.5, 0.6) is 0 Å². The molecule has 16 heavy (non-hydrogen) atoms. The first-order chi connectivity index (χ1) is 7.60. The lowest BCUT2D eigenvalue weighted by atomic mass is 10.2. The summed E-state index contributed by atoms with van der Waals surface area (Å²) in [5.41, 5.74) is 1.66. The molecule has 0 fully saturated rings. The summed E-state index contributed by atoms with van der Waals surface area (Å²) >= 11 is 6.03. The number of nitrogens with one attached hydrogen (secondary N) is 1. The van der Waals surface area contributed by atoms with Crippen molar-refractivity contribution in [3.8, 4) is 0 Å². The molecule has 0 spiro atoms. The molecular formula is C12H17ClN2O. The van der Waals surface area contributed by atoms with Crippen LogP contribution in [0.2, 0.25) is 5.02 Å². The number of carbonyl (C=O) groups excluding carboxylic acids is 1. The molecular weight excluding hydrogens is 224 g/mol. The molecule has 0 aromatic heterocycles. The molecule has 1 aromatic carbocycles. The van der Waals surface area contributed by atoms with Gasteiger partial charge in [0.05, 0.1) is 10.7 Å². The number of hydrogen-bond donors (Lipinski definition) is 1. The zero-order chi connectivity index (χ0) is 12.1. The van der Waals surface area contributed by atoms with Crippen molar-refractivity contribution in [3.05, 3.63) is 28.8 Å². The van der Waals surface area contributed by atoms with Crippen LogP contribution in [0.1, 0.15) is 19.4 Å². The summed E-state index contributed by atoms with van der Waals surface area (Å²) in [6, 6.07) is 5.45. The topological polar surface area (TPSA) is 32.3 Å². The Kier molecular flexibility index (Phi) is 4.62. The number of nitrogens with zero attached hydrogens (tertiary/aromatic N) is 1. The first kappa shape index (κ1) is 12.8. The molecule has 0 saturated carbocycles. The van der Waals surface area contributed by atoms with Crippen molar-refractivity contribution in [2.45, 2.75) is 20.8 Å². The molecule has 0 aliphatic rings. The lowest BCUT2D eigenvalue weighted by Gasteiger charge is -2.20. The molecule has 1 N–H and O–H groups in total. The van der Waals surface area contributed by atoms with Crippen molar-refractivity contribution in [1.82, 2.24) is 4.90 Å². The van der Waals surface area contributed by atoms with E-state index in [9.17, 15) is 4.79 Å². The second-order valence-corrected chi connectivity index (χ2v) is 3.94. The summed E-state index contributed by atoms with van der Waals surface area (Å²) in [6.45, 7) is 7.19. The number of anilines is 1. The number of urea groups is 1. The Morgan fingerprint density at radius 3 is 2.50 bits per heavy atom. The third kappa shape index (κ3) is 2.89. The van der Waals surface area contributed by atoms with Crippen LogP contribution in [0.3, 0.4) is 0 Å². The van der Waals surface area contributed by atoms with E-state index in [1.807, 2.05) is 32.9 Å². The molecule has 0 bridgehead atoms. The Morgan fingerprint density at radius 1 is 1.38 bits per heavy atom. The Hall–Kier alpha value is -1.22. The van der Waals surface area contributed by atoms with Crippen LogP contribution in [0.4, 0.5) is 10.5 Å². The van der Waals surface area contributed by atoms with Crippen molar-refractivity contribution in [3.63, 3.8) is 0 Å². The van der Waals surface area contributed by atoms with Gasteiger partial charge >= 0.3 is 6.03 Å². The molecule has 0 radical (unpaired) electrons. The maximum Gasteiger partial charge on any atom is 0.321 e. The van der Waals surface area contributed by atoms with Crippen molar-refractivity contribution in [2.24, 2.45) is 0 Å². The van der Waals surface area contributed by atoms with Gasteiger partial charge in [-0.25, -0.2) is 4.79 Å². The molecule has 4 heteroatoms. The van der Waals surface area contributed by atoms with Crippen LogP contribution in [0, 0.1) is 6.92 Å². The third-order valence-electron chi connectivity index (χ3n) is 2.50. The minimum absolute atomic E-state index is 0.110. The first-order valence-corrected chi connectivity index (χ1v) is 5.79. The quantitative estimate of drug-likeness (QED) is 0.862. The predicted octanol–water partition coefficient (Wildman–Crippen LogP) is 3.52. The minimum Gasteiger partial charge on any atom is -0.325 e. The van der Waals surface area contributed by atoms with E-state index in [0.717, 1.165) is 5.56 Å². The molecule has 3 nitrogen and oxygen atoms in total. The average molecular weight is 241 g/mol. The second-order valence-electron chi connectivity index (χ2n) is 3.53.